The van der Waals surface area contributed by atoms with Gasteiger partial charge in [0.05, 0.1) is 0 Å². The molecular formula is C23H19Cl2N3. The predicted molar refractivity (Wildman–Crippen MR) is 115 cm³/mol. The monoisotopic (exact) mass is 407 g/mol. The summed E-state index contributed by atoms with van der Waals surface area (Å²) in [5.41, 5.74) is 4.74. The van der Waals surface area contributed by atoms with Crippen LogP contribution in [0.15, 0.2) is 85.5 Å². The molecule has 3 nitrogen and oxygen atoms in total. The highest BCUT2D eigenvalue weighted by atomic mass is 35.5. The van der Waals surface area contributed by atoms with Gasteiger partial charge in [-0.1, -0.05) is 83.9 Å². The molecule has 28 heavy (non-hydrogen) atoms. The Morgan fingerprint density at radius 2 is 1.61 bits per heavy atom. The minimum Gasteiger partial charge on any atom is -0.252 e. The van der Waals surface area contributed by atoms with E-state index >= 15 is 0 Å². The molecule has 0 fully saturated rings. The average molecular weight is 408 g/mol. The van der Waals surface area contributed by atoms with Gasteiger partial charge in [0.1, 0.15) is 12.7 Å². The van der Waals surface area contributed by atoms with E-state index in [0.29, 0.717) is 16.6 Å². The zero-order valence-corrected chi connectivity index (χ0v) is 16.7. The van der Waals surface area contributed by atoms with E-state index in [2.05, 4.69) is 58.6 Å². The van der Waals surface area contributed by atoms with Gasteiger partial charge >= 0.3 is 0 Å². The zero-order chi connectivity index (χ0) is 19.3. The molecule has 1 atom stereocenters. The van der Waals surface area contributed by atoms with Crippen molar-refractivity contribution in [2.45, 2.75) is 18.9 Å². The first-order chi connectivity index (χ1) is 13.7. The third kappa shape index (κ3) is 4.44. The second kappa shape index (κ2) is 8.59. The molecule has 0 bridgehead atoms. The largest absolute Gasteiger partial charge is 0.252 e. The van der Waals surface area contributed by atoms with Crippen molar-refractivity contribution in [1.82, 2.24) is 14.8 Å². The van der Waals surface area contributed by atoms with Gasteiger partial charge in [-0.05, 0) is 40.8 Å². The second-order valence-corrected chi connectivity index (χ2v) is 7.59. The maximum Gasteiger partial charge on any atom is 0.137 e. The smallest absolute Gasteiger partial charge is 0.137 e. The summed E-state index contributed by atoms with van der Waals surface area (Å²) in [7, 11) is 0. The quantitative estimate of drug-likeness (QED) is 0.376. The van der Waals surface area contributed by atoms with Crippen LogP contribution in [0.4, 0.5) is 0 Å². The van der Waals surface area contributed by atoms with Crippen LogP contribution in [0, 0.1) is 0 Å². The van der Waals surface area contributed by atoms with Gasteiger partial charge in [0.25, 0.3) is 0 Å². The highest BCUT2D eigenvalue weighted by Gasteiger charge is 2.17. The summed E-state index contributed by atoms with van der Waals surface area (Å²) in [6, 6.07) is 24.8. The summed E-state index contributed by atoms with van der Waals surface area (Å²) in [6.07, 6.45) is 4.13. The highest BCUT2D eigenvalue weighted by molar-refractivity contribution is 6.35. The van der Waals surface area contributed by atoms with E-state index in [1.165, 1.54) is 16.7 Å². The van der Waals surface area contributed by atoms with Gasteiger partial charge in [0.2, 0.25) is 0 Å². The molecule has 5 heteroatoms. The number of hydrogen-bond donors (Lipinski definition) is 0. The van der Waals surface area contributed by atoms with Crippen LogP contribution in [0.1, 0.15) is 17.0 Å². The summed E-state index contributed by atoms with van der Waals surface area (Å²) in [5.74, 6) is 0.161. The Balaban J connectivity index is 1.60. The third-order valence-electron chi connectivity index (χ3n) is 4.82. The van der Waals surface area contributed by atoms with Crippen molar-refractivity contribution in [3.63, 3.8) is 0 Å². The summed E-state index contributed by atoms with van der Waals surface area (Å²) in [4.78, 5) is 4.06. The second-order valence-electron chi connectivity index (χ2n) is 6.75. The van der Waals surface area contributed by atoms with E-state index in [4.69, 9.17) is 23.2 Å². The van der Waals surface area contributed by atoms with Gasteiger partial charge in [-0.3, -0.25) is 4.68 Å². The first kappa shape index (κ1) is 18.7. The summed E-state index contributed by atoms with van der Waals surface area (Å²) < 4.78 is 1.84. The van der Waals surface area contributed by atoms with E-state index in [1.54, 1.807) is 18.7 Å². The molecule has 0 spiro atoms. The molecule has 0 aliphatic rings. The zero-order valence-electron chi connectivity index (χ0n) is 15.2. The van der Waals surface area contributed by atoms with Crippen molar-refractivity contribution in [3.05, 3.63) is 107 Å². The number of benzene rings is 3. The van der Waals surface area contributed by atoms with Crippen molar-refractivity contribution < 1.29 is 0 Å². The minimum absolute atomic E-state index is 0.161. The molecule has 3 aromatic carbocycles. The molecule has 4 rings (SSSR count). The van der Waals surface area contributed by atoms with Gasteiger partial charge in [-0.2, -0.15) is 5.10 Å². The predicted octanol–water partition coefficient (Wildman–Crippen LogP) is 6.28. The van der Waals surface area contributed by atoms with E-state index in [1.807, 2.05) is 22.9 Å². The van der Waals surface area contributed by atoms with Gasteiger partial charge < -0.3 is 0 Å². The molecule has 0 N–H and O–H groups in total. The van der Waals surface area contributed by atoms with Crippen molar-refractivity contribution >= 4 is 23.2 Å². The van der Waals surface area contributed by atoms with E-state index < -0.39 is 0 Å². The third-order valence-corrected chi connectivity index (χ3v) is 5.38. The Labute approximate surface area is 174 Å². The molecule has 0 aliphatic carbocycles. The Morgan fingerprint density at radius 3 is 2.29 bits per heavy atom. The van der Waals surface area contributed by atoms with Gasteiger partial charge in [-0.25, -0.2) is 4.98 Å². The fourth-order valence-electron chi connectivity index (χ4n) is 3.41. The molecule has 1 aromatic heterocycles. The maximum atomic E-state index is 6.51. The number of aromatic nitrogens is 3. The van der Waals surface area contributed by atoms with Crippen LogP contribution in [0.2, 0.25) is 10.0 Å². The lowest BCUT2D eigenvalue weighted by Gasteiger charge is -2.19. The molecule has 1 unspecified atom stereocenters. The maximum absolute atomic E-state index is 6.51. The van der Waals surface area contributed by atoms with E-state index in [0.717, 1.165) is 12.0 Å². The van der Waals surface area contributed by atoms with Crippen molar-refractivity contribution in [2.24, 2.45) is 0 Å². The lowest BCUT2D eigenvalue weighted by Crippen LogP contribution is -2.13. The highest BCUT2D eigenvalue weighted by Crippen LogP contribution is 2.31. The fourth-order valence-corrected chi connectivity index (χ4v) is 3.97. The van der Waals surface area contributed by atoms with E-state index in [-0.39, 0.29) is 5.92 Å². The number of rotatable bonds is 6. The standard InChI is InChI=1S/C23H19Cl2N3/c24-21-10-11-22(23(25)13-21)20(14-28-16-26-15-27-28)12-17-6-8-19(9-7-17)18-4-2-1-3-5-18/h1-11,13,15-16,20H,12,14H2. The van der Waals surface area contributed by atoms with Crippen molar-refractivity contribution in [1.29, 1.82) is 0 Å². The van der Waals surface area contributed by atoms with Gasteiger partial charge in [0, 0.05) is 22.5 Å². The SMILES string of the molecule is Clc1ccc(C(Cc2ccc(-c3ccccc3)cc2)Cn2cncn2)c(Cl)c1. The number of nitrogens with zero attached hydrogens (tertiary/aromatic N) is 3. The molecule has 0 radical (unpaired) electrons. The normalized spacial score (nSPS) is 12.1. The summed E-state index contributed by atoms with van der Waals surface area (Å²) in [5, 5.41) is 5.58. The minimum atomic E-state index is 0.161. The Morgan fingerprint density at radius 1 is 0.857 bits per heavy atom. The van der Waals surface area contributed by atoms with E-state index in [9.17, 15) is 0 Å². The Bertz CT molecular complexity index is 1030. The van der Waals surface area contributed by atoms with Crippen LogP contribution >= 0.6 is 23.2 Å². The number of hydrogen-bond acceptors (Lipinski definition) is 2. The summed E-state index contributed by atoms with van der Waals surface area (Å²) >= 11 is 12.6. The van der Waals surface area contributed by atoms with Crippen LogP contribution in [-0.2, 0) is 13.0 Å². The van der Waals surface area contributed by atoms with Crippen LogP contribution < -0.4 is 0 Å². The first-order valence-electron chi connectivity index (χ1n) is 9.11. The molecule has 0 saturated carbocycles. The lowest BCUT2D eigenvalue weighted by atomic mass is 9.91. The molecule has 140 valence electrons. The summed E-state index contributed by atoms with van der Waals surface area (Å²) in [6.45, 7) is 0.696. The lowest BCUT2D eigenvalue weighted by molar-refractivity contribution is 0.511. The van der Waals surface area contributed by atoms with Gasteiger partial charge in [-0.15, -0.1) is 0 Å². The van der Waals surface area contributed by atoms with Crippen LogP contribution in [0.25, 0.3) is 11.1 Å². The Kier molecular flexibility index (Phi) is 5.75. The average Bonchev–Trinajstić information content (AvgIpc) is 3.22. The van der Waals surface area contributed by atoms with Crippen molar-refractivity contribution in [2.75, 3.05) is 0 Å². The molecule has 0 aliphatic heterocycles. The first-order valence-corrected chi connectivity index (χ1v) is 9.86. The molecule has 4 aromatic rings. The number of halogens is 2. The molecule has 1 heterocycles. The molecular weight excluding hydrogens is 389 g/mol. The van der Waals surface area contributed by atoms with Crippen LogP contribution in [-0.4, -0.2) is 14.8 Å². The molecule has 0 saturated heterocycles. The van der Waals surface area contributed by atoms with Gasteiger partial charge in [0.15, 0.2) is 0 Å². The van der Waals surface area contributed by atoms with Crippen LogP contribution in [0.5, 0.6) is 0 Å². The Hall–Kier alpha value is -2.62. The fraction of sp³-hybridized carbons (Fsp3) is 0.130. The topological polar surface area (TPSA) is 30.7 Å². The molecule has 0 amide bonds. The van der Waals surface area contributed by atoms with Crippen LogP contribution in [0.3, 0.4) is 0 Å². The van der Waals surface area contributed by atoms with Crippen molar-refractivity contribution in [3.8, 4) is 11.1 Å².